The Labute approximate surface area is 173 Å². The molecule has 1 aromatic carbocycles. The summed E-state index contributed by atoms with van der Waals surface area (Å²) >= 11 is 0. The number of pyridine rings is 2. The minimum absolute atomic E-state index is 0.338. The highest BCUT2D eigenvalue weighted by molar-refractivity contribution is 5.72. The fourth-order valence-electron chi connectivity index (χ4n) is 3.86. The number of aliphatic hydroxyl groups is 1. The number of aromatic nitrogens is 2. The summed E-state index contributed by atoms with van der Waals surface area (Å²) in [4.78, 5) is 11.3. The Morgan fingerprint density at radius 2 is 2.00 bits per heavy atom. The number of benzene rings is 1. The van der Waals surface area contributed by atoms with Crippen molar-refractivity contribution in [1.29, 1.82) is 0 Å². The van der Waals surface area contributed by atoms with Gasteiger partial charge in [0, 0.05) is 30.8 Å². The van der Waals surface area contributed by atoms with Crippen molar-refractivity contribution in [3.63, 3.8) is 0 Å². The van der Waals surface area contributed by atoms with E-state index in [1.165, 1.54) is 6.07 Å². The van der Waals surface area contributed by atoms with E-state index >= 15 is 0 Å². The van der Waals surface area contributed by atoms with Crippen LogP contribution in [0.5, 0.6) is 0 Å². The first-order chi connectivity index (χ1) is 14.7. The van der Waals surface area contributed by atoms with Gasteiger partial charge in [0.25, 0.3) is 0 Å². The zero-order valence-corrected chi connectivity index (χ0v) is 16.3. The molecule has 0 amide bonds. The second-order valence-electron chi connectivity index (χ2n) is 7.30. The fourth-order valence-corrected chi connectivity index (χ4v) is 3.86. The van der Waals surface area contributed by atoms with E-state index < -0.39 is 6.23 Å². The van der Waals surface area contributed by atoms with Gasteiger partial charge in [0.15, 0.2) is 0 Å². The second-order valence-corrected chi connectivity index (χ2v) is 7.30. The number of fused-ring (bicyclic) bond motifs is 1. The van der Waals surface area contributed by atoms with Gasteiger partial charge < -0.3 is 20.1 Å². The molecule has 1 atom stereocenters. The fraction of sp³-hybridized carbons (Fsp3) is 0.273. The summed E-state index contributed by atoms with van der Waals surface area (Å²) in [7, 11) is 0. The Bertz CT molecular complexity index is 1050. The van der Waals surface area contributed by atoms with Crippen LogP contribution in [0.2, 0.25) is 0 Å². The number of halogens is 1. The molecule has 0 spiro atoms. The van der Waals surface area contributed by atoms with Crippen LogP contribution in [0.15, 0.2) is 48.7 Å². The molecule has 2 aliphatic rings. The normalized spacial score (nSPS) is 18.3. The Balaban J connectivity index is 1.47. The lowest BCUT2D eigenvalue weighted by molar-refractivity contribution is 0.122. The van der Waals surface area contributed by atoms with Crippen LogP contribution in [-0.2, 0) is 11.3 Å². The van der Waals surface area contributed by atoms with Gasteiger partial charge in [0.2, 0.25) is 0 Å². The first kappa shape index (κ1) is 18.9. The maximum atomic E-state index is 14.3. The van der Waals surface area contributed by atoms with Crippen molar-refractivity contribution in [3.05, 3.63) is 65.7 Å². The van der Waals surface area contributed by atoms with Gasteiger partial charge in [-0.3, -0.25) is 10.3 Å². The van der Waals surface area contributed by atoms with E-state index in [-0.39, 0.29) is 5.82 Å². The number of hydrogen-bond donors (Lipinski definition) is 3. The Morgan fingerprint density at radius 1 is 1.17 bits per heavy atom. The van der Waals surface area contributed by atoms with E-state index in [1.807, 2.05) is 18.3 Å². The number of hydrogen-bond acceptors (Lipinski definition) is 7. The van der Waals surface area contributed by atoms with Crippen molar-refractivity contribution >= 4 is 17.2 Å². The third-order valence-corrected chi connectivity index (χ3v) is 5.41. The number of morpholine rings is 1. The Hall–Kier alpha value is -3.07. The highest BCUT2D eigenvalue weighted by Crippen LogP contribution is 2.35. The molecule has 3 aromatic rings. The monoisotopic (exact) mass is 407 g/mol. The maximum Gasteiger partial charge on any atom is 0.135 e. The van der Waals surface area contributed by atoms with Gasteiger partial charge in [-0.15, -0.1) is 0 Å². The largest absolute Gasteiger partial charge is 0.378 e. The van der Waals surface area contributed by atoms with Gasteiger partial charge in [-0.1, -0.05) is 12.1 Å². The zero-order chi connectivity index (χ0) is 20.5. The number of ether oxygens (including phenoxy) is 1. The van der Waals surface area contributed by atoms with Crippen LogP contribution in [0.4, 0.5) is 21.6 Å². The summed E-state index contributed by atoms with van der Waals surface area (Å²) in [5.41, 5.74) is 3.97. The van der Waals surface area contributed by atoms with Crippen LogP contribution in [0.1, 0.15) is 17.5 Å². The Kier molecular flexibility index (Phi) is 5.04. The molecule has 154 valence electrons. The molecule has 5 rings (SSSR count). The van der Waals surface area contributed by atoms with Gasteiger partial charge in [0.05, 0.1) is 42.2 Å². The first-order valence-electron chi connectivity index (χ1n) is 9.95. The quantitative estimate of drug-likeness (QED) is 0.613. The molecule has 3 N–H and O–H groups in total. The summed E-state index contributed by atoms with van der Waals surface area (Å²) in [6.45, 7) is 3.53. The average Bonchev–Trinajstić information content (AvgIpc) is 3.16. The SMILES string of the molecule is OC1NCc2nc(-c3ccccc3F)cc(Nc3ccc(N4CCOCC4)cn3)c21. The van der Waals surface area contributed by atoms with Crippen molar-refractivity contribution in [2.75, 3.05) is 36.5 Å². The molecule has 2 aliphatic heterocycles. The summed E-state index contributed by atoms with van der Waals surface area (Å²) in [6.07, 6.45) is 0.985. The average molecular weight is 407 g/mol. The third kappa shape index (κ3) is 3.60. The molecule has 8 heteroatoms. The van der Waals surface area contributed by atoms with E-state index in [9.17, 15) is 9.50 Å². The van der Waals surface area contributed by atoms with Crippen LogP contribution in [0, 0.1) is 5.82 Å². The van der Waals surface area contributed by atoms with Crippen LogP contribution in [0.25, 0.3) is 11.3 Å². The van der Waals surface area contributed by atoms with Gasteiger partial charge in [-0.25, -0.2) is 9.37 Å². The molecular weight excluding hydrogens is 385 g/mol. The van der Waals surface area contributed by atoms with Gasteiger partial charge >= 0.3 is 0 Å². The maximum absolute atomic E-state index is 14.3. The van der Waals surface area contributed by atoms with E-state index in [0.29, 0.717) is 53.8 Å². The lowest BCUT2D eigenvalue weighted by Crippen LogP contribution is -2.36. The number of nitrogens with zero attached hydrogens (tertiary/aromatic N) is 3. The van der Waals surface area contributed by atoms with Crippen molar-refractivity contribution < 1.29 is 14.2 Å². The number of anilines is 3. The second kappa shape index (κ2) is 7.98. The molecule has 0 radical (unpaired) electrons. The smallest absolute Gasteiger partial charge is 0.135 e. The highest BCUT2D eigenvalue weighted by Gasteiger charge is 2.26. The summed E-state index contributed by atoms with van der Waals surface area (Å²) in [5.74, 6) is 0.300. The van der Waals surface area contributed by atoms with Crippen LogP contribution >= 0.6 is 0 Å². The molecule has 1 saturated heterocycles. The molecule has 0 bridgehead atoms. The minimum Gasteiger partial charge on any atom is -0.378 e. The molecular formula is C22H22FN5O2. The molecule has 4 heterocycles. The molecule has 2 aromatic heterocycles. The van der Waals surface area contributed by atoms with E-state index in [1.54, 1.807) is 24.3 Å². The summed E-state index contributed by atoms with van der Waals surface area (Å²) < 4.78 is 19.7. The molecule has 1 fully saturated rings. The molecule has 30 heavy (non-hydrogen) atoms. The number of nitrogens with one attached hydrogen (secondary N) is 2. The van der Waals surface area contributed by atoms with Crippen molar-refractivity contribution in [2.45, 2.75) is 12.8 Å². The van der Waals surface area contributed by atoms with Crippen LogP contribution < -0.4 is 15.5 Å². The lowest BCUT2D eigenvalue weighted by Gasteiger charge is -2.28. The van der Waals surface area contributed by atoms with E-state index in [4.69, 9.17) is 4.74 Å². The number of aliphatic hydroxyl groups excluding tert-OH is 1. The van der Waals surface area contributed by atoms with Gasteiger partial charge in [-0.05, 0) is 30.3 Å². The topological polar surface area (TPSA) is 82.5 Å². The molecule has 7 nitrogen and oxygen atoms in total. The summed E-state index contributed by atoms with van der Waals surface area (Å²) in [5, 5.41) is 16.6. The third-order valence-electron chi connectivity index (χ3n) is 5.41. The van der Waals surface area contributed by atoms with Crippen molar-refractivity contribution in [3.8, 4) is 11.3 Å². The van der Waals surface area contributed by atoms with Crippen molar-refractivity contribution in [1.82, 2.24) is 15.3 Å². The predicted molar refractivity (Wildman–Crippen MR) is 112 cm³/mol. The number of rotatable bonds is 4. The van der Waals surface area contributed by atoms with Gasteiger partial charge in [0.1, 0.15) is 17.9 Å². The zero-order valence-electron chi connectivity index (χ0n) is 16.3. The standard InChI is InChI=1S/C22H22FN5O2/c23-16-4-2-1-3-15(16)17-11-18(21-19(26-17)13-25-22(21)29)27-20-6-5-14(12-24-20)28-7-9-30-10-8-28/h1-6,11-12,22,25,29H,7-10,13H2,(H,24,26,27). The molecule has 0 saturated carbocycles. The molecule has 1 unspecified atom stereocenters. The predicted octanol–water partition coefficient (Wildman–Crippen LogP) is 2.96. The van der Waals surface area contributed by atoms with E-state index in [0.717, 1.165) is 18.8 Å². The first-order valence-corrected chi connectivity index (χ1v) is 9.95. The van der Waals surface area contributed by atoms with Crippen LogP contribution in [-0.4, -0.2) is 41.4 Å². The highest BCUT2D eigenvalue weighted by atomic mass is 19.1. The Morgan fingerprint density at radius 3 is 2.77 bits per heavy atom. The lowest BCUT2D eigenvalue weighted by atomic mass is 10.1. The van der Waals surface area contributed by atoms with Gasteiger partial charge in [-0.2, -0.15) is 0 Å². The van der Waals surface area contributed by atoms with Crippen molar-refractivity contribution in [2.24, 2.45) is 0 Å². The minimum atomic E-state index is -0.836. The summed E-state index contributed by atoms with van der Waals surface area (Å²) in [6, 6.07) is 12.2. The van der Waals surface area contributed by atoms with Crippen LogP contribution in [0.3, 0.4) is 0 Å². The molecule has 0 aliphatic carbocycles. The van der Waals surface area contributed by atoms with E-state index in [2.05, 4.69) is 25.5 Å².